The van der Waals surface area contributed by atoms with Gasteiger partial charge in [-0.25, -0.2) is 4.98 Å². The van der Waals surface area contributed by atoms with E-state index < -0.39 is 0 Å². The normalized spacial score (nSPS) is 10.3. The molecule has 0 fully saturated rings. The second-order valence-electron chi connectivity index (χ2n) is 2.34. The number of nitrogen functional groups attached to an aromatic ring is 1. The van der Waals surface area contributed by atoms with Gasteiger partial charge in [0.05, 0.1) is 0 Å². The topological polar surface area (TPSA) is 50.9 Å². The molecule has 0 atom stereocenters. The van der Waals surface area contributed by atoms with E-state index in [0.29, 0.717) is 5.13 Å². The van der Waals surface area contributed by atoms with E-state index in [4.69, 9.17) is 5.73 Å². The Hall–Kier alpha value is -0.610. The predicted molar refractivity (Wildman–Crippen MR) is 48.5 cm³/mol. The molecule has 3 nitrogen and oxygen atoms in total. The molecule has 0 amide bonds. The van der Waals surface area contributed by atoms with Crippen molar-refractivity contribution in [2.24, 2.45) is 0 Å². The van der Waals surface area contributed by atoms with E-state index in [9.17, 15) is 0 Å². The first-order valence-corrected chi connectivity index (χ1v) is 4.55. The van der Waals surface area contributed by atoms with Crippen LogP contribution in [-0.4, -0.2) is 11.5 Å². The summed E-state index contributed by atoms with van der Waals surface area (Å²) in [4.78, 5) is 5.16. The molecule has 0 aliphatic heterocycles. The number of nitrogens with zero attached hydrogens (tertiary/aromatic N) is 1. The lowest BCUT2D eigenvalue weighted by molar-refractivity contribution is 0.681. The van der Waals surface area contributed by atoms with Gasteiger partial charge in [0.2, 0.25) is 0 Å². The highest BCUT2D eigenvalue weighted by atomic mass is 32.1. The summed E-state index contributed by atoms with van der Waals surface area (Å²) >= 11 is 1.54. The highest BCUT2D eigenvalue weighted by molar-refractivity contribution is 7.15. The first kappa shape index (κ1) is 8.49. The lowest BCUT2D eigenvalue weighted by Crippen LogP contribution is -2.12. The third-order valence-electron chi connectivity index (χ3n) is 1.30. The third kappa shape index (κ3) is 2.86. The number of aromatic nitrogens is 1. The van der Waals surface area contributed by atoms with E-state index in [2.05, 4.69) is 17.2 Å². The zero-order chi connectivity index (χ0) is 8.10. The quantitative estimate of drug-likeness (QED) is 0.670. The van der Waals surface area contributed by atoms with Crippen molar-refractivity contribution in [1.82, 2.24) is 10.3 Å². The molecular formula is C7H13N3S. The summed E-state index contributed by atoms with van der Waals surface area (Å²) in [5.74, 6) is 0. The first-order chi connectivity index (χ1) is 5.33. The van der Waals surface area contributed by atoms with Crippen LogP contribution in [0.15, 0.2) is 6.20 Å². The van der Waals surface area contributed by atoms with E-state index in [0.717, 1.165) is 19.5 Å². The number of hydrogen-bond acceptors (Lipinski definition) is 4. The van der Waals surface area contributed by atoms with Gasteiger partial charge in [-0.2, -0.15) is 0 Å². The summed E-state index contributed by atoms with van der Waals surface area (Å²) in [6.45, 7) is 4.09. The standard InChI is InChI=1S/C7H13N3S/c1-2-3-9-4-6-5-10-7(8)11-6/h5,9H,2-4H2,1H3,(H2,8,10). The van der Waals surface area contributed by atoms with Crippen molar-refractivity contribution in [2.45, 2.75) is 19.9 Å². The molecule has 1 aromatic heterocycles. The lowest BCUT2D eigenvalue weighted by atomic mass is 10.4. The van der Waals surface area contributed by atoms with Gasteiger partial charge in [-0.3, -0.25) is 0 Å². The molecule has 4 heteroatoms. The highest BCUT2D eigenvalue weighted by Crippen LogP contribution is 2.13. The molecule has 0 radical (unpaired) electrons. The molecule has 1 rings (SSSR count). The van der Waals surface area contributed by atoms with Gasteiger partial charge in [0, 0.05) is 17.6 Å². The van der Waals surface area contributed by atoms with Gasteiger partial charge in [-0.05, 0) is 13.0 Å². The smallest absolute Gasteiger partial charge is 0.180 e. The van der Waals surface area contributed by atoms with Gasteiger partial charge in [0.15, 0.2) is 5.13 Å². The van der Waals surface area contributed by atoms with Crippen LogP contribution in [0.4, 0.5) is 5.13 Å². The Morgan fingerprint density at radius 3 is 3.09 bits per heavy atom. The number of nitrogens with two attached hydrogens (primary N) is 1. The van der Waals surface area contributed by atoms with Crippen LogP contribution in [-0.2, 0) is 6.54 Å². The maximum atomic E-state index is 5.46. The number of thiazole rings is 1. The van der Waals surface area contributed by atoms with Gasteiger partial charge in [0.1, 0.15) is 0 Å². The summed E-state index contributed by atoms with van der Waals surface area (Å²) < 4.78 is 0. The number of hydrogen-bond donors (Lipinski definition) is 2. The van der Waals surface area contributed by atoms with E-state index in [-0.39, 0.29) is 0 Å². The van der Waals surface area contributed by atoms with Gasteiger partial charge in [-0.1, -0.05) is 6.92 Å². The summed E-state index contributed by atoms with van der Waals surface area (Å²) in [7, 11) is 0. The van der Waals surface area contributed by atoms with Crippen molar-refractivity contribution in [3.05, 3.63) is 11.1 Å². The predicted octanol–water partition coefficient (Wildman–Crippen LogP) is 1.22. The average molecular weight is 171 g/mol. The van der Waals surface area contributed by atoms with Crippen molar-refractivity contribution < 1.29 is 0 Å². The minimum atomic E-state index is 0.651. The first-order valence-electron chi connectivity index (χ1n) is 3.74. The number of nitrogens with one attached hydrogen (secondary N) is 1. The van der Waals surface area contributed by atoms with Crippen molar-refractivity contribution >= 4 is 16.5 Å². The Labute approximate surface area is 70.6 Å². The van der Waals surface area contributed by atoms with Gasteiger partial charge >= 0.3 is 0 Å². The van der Waals surface area contributed by atoms with E-state index in [1.807, 2.05) is 6.20 Å². The summed E-state index contributed by atoms with van der Waals surface area (Å²) in [5, 5.41) is 3.93. The van der Waals surface area contributed by atoms with E-state index >= 15 is 0 Å². The molecule has 0 saturated carbocycles. The summed E-state index contributed by atoms with van der Waals surface area (Å²) in [5.41, 5.74) is 5.46. The second kappa shape index (κ2) is 4.31. The van der Waals surface area contributed by atoms with Crippen LogP contribution in [0, 0.1) is 0 Å². The van der Waals surface area contributed by atoms with Crippen LogP contribution in [0.5, 0.6) is 0 Å². The molecule has 3 N–H and O–H groups in total. The Morgan fingerprint density at radius 2 is 2.55 bits per heavy atom. The Balaban J connectivity index is 2.27. The summed E-state index contributed by atoms with van der Waals surface area (Å²) in [6.07, 6.45) is 2.98. The maximum absolute atomic E-state index is 5.46. The Morgan fingerprint density at radius 1 is 1.73 bits per heavy atom. The Kier molecular flexibility index (Phi) is 3.32. The van der Waals surface area contributed by atoms with Crippen LogP contribution in [0.25, 0.3) is 0 Å². The molecule has 11 heavy (non-hydrogen) atoms. The van der Waals surface area contributed by atoms with Crippen molar-refractivity contribution in [1.29, 1.82) is 0 Å². The minimum absolute atomic E-state index is 0.651. The van der Waals surface area contributed by atoms with Crippen molar-refractivity contribution in [3.8, 4) is 0 Å². The molecule has 0 bridgehead atoms. The fraction of sp³-hybridized carbons (Fsp3) is 0.571. The third-order valence-corrected chi connectivity index (χ3v) is 2.12. The SMILES string of the molecule is CCCNCc1cnc(N)s1. The second-order valence-corrected chi connectivity index (χ2v) is 3.49. The molecule has 0 aliphatic carbocycles. The van der Waals surface area contributed by atoms with Gasteiger partial charge in [-0.15, -0.1) is 11.3 Å². The van der Waals surface area contributed by atoms with Crippen molar-refractivity contribution in [3.63, 3.8) is 0 Å². The monoisotopic (exact) mass is 171 g/mol. The molecule has 0 aliphatic rings. The average Bonchev–Trinajstić information content (AvgIpc) is 2.37. The van der Waals surface area contributed by atoms with Gasteiger partial charge in [0.25, 0.3) is 0 Å². The number of anilines is 1. The molecule has 1 heterocycles. The zero-order valence-corrected chi connectivity index (χ0v) is 7.45. The highest BCUT2D eigenvalue weighted by Gasteiger charge is 1.95. The van der Waals surface area contributed by atoms with Gasteiger partial charge < -0.3 is 11.1 Å². The van der Waals surface area contributed by atoms with E-state index in [1.54, 1.807) is 11.3 Å². The molecule has 0 spiro atoms. The molecule has 0 aromatic carbocycles. The maximum Gasteiger partial charge on any atom is 0.180 e. The zero-order valence-electron chi connectivity index (χ0n) is 6.63. The Bertz CT molecular complexity index is 209. The lowest BCUT2D eigenvalue weighted by Gasteiger charge is -1.97. The van der Waals surface area contributed by atoms with Crippen LogP contribution in [0.2, 0.25) is 0 Å². The largest absolute Gasteiger partial charge is 0.375 e. The molecular weight excluding hydrogens is 158 g/mol. The van der Waals surface area contributed by atoms with E-state index in [1.165, 1.54) is 4.88 Å². The minimum Gasteiger partial charge on any atom is -0.375 e. The van der Waals surface area contributed by atoms with Crippen LogP contribution in [0.1, 0.15) is 18.2 Å². The molecule has 0 saturated heterocycles. The summed E-state index contributed by atoms with van der Waals surface area (Å²) in [6, 6.07) is 0. The molecule has 1 aromatic rings. The van der Waals surface area contributed by atoms with Crippen LogP contribution >= 0.6 is 11.3 Å². The van der Waals surface area contributed by atoms with Crippen LogP contribution in [0.3, 0.4) is 0 Å². The molecule has 0 unspecified atom stereocenters. The fourth-order valence-electron chi connectivity index (χ4n) is 0.793. The molecule has 62 valence electrons. The number of rotatable bonds is 4. The fourth-order valence-corrected chi connectivity index (χ4v) is 1.45. The van der Waals surface area contributed by atoms with Crippen molar-refractivity contribution in [2.75, 3.05) is 12.3 Å². The van der Waals surface area contributed by atoms with Crippen LogP contribution < -0.4 is 11.1 Å².